The van der Waals surface area contributed by atoms with Crippen molar-refractivity contribution in [1.82, 2.24) is 29.6 Å². The number of aryl methyl sites for hydroxylation is 3. The molecule has 0 atom stereocenters. The van der Waals surface area contributed by atoms with Crippen molar-refractivity contribution in [3.8, 4) is 17.1 Å². The van der Waals surface area contributed by atoms with E-state index in [0.717, 1.165) is 27.9 Å². The van der Waals surface area contributed by atoms with Gasteiger partial charge in [-0.05, 0) is 67.1 Å². The number of aromatic nitrogens is 6. The summed E-state index contributed by atoms with van der Waals surface area (Å²) in [7, 11) is 1.53. The van der Waals surface area contributed by atoms with Crippen LogP contribution in [-0.2, 0) is 13.7 Å². The number of tetrazole rings is 1. The standard InChI is InChI=1S/C22H21ClN6O3/c1-13-10-16(28-15(3)17(11-30)14(2)24-28)8-9-21(13)32-12-18-19(23)6-5-7-20(18)29-22(31)27(4)25-26-29/h5-11H,12H2,1-4H3. The van der Waals surface area contributed by atoms with Gasteiger partial charge in [0.1, 0.15) is 12.4 Å². The zero-order chi connectivity index (χ0) is 23.0. The second-order valence-electron chi connectivity index (χ2n) is 7.39. The lowest BCUT2D eigenvalue weighted by Crippen LogP contribution is -2.23. The van der Waals surface area contributed by atoms with Crippen molar-refractivity contribution < 1.29 is 9.53 Å². The highest BCUT2D eigenvalue weighted by Crippen LogP contribution is 2.27. The van der Waals surface area contributed by atoms with E-state index in [4.69, 9.17) is 16.3 Å². The van der Waals surface area contributed by atoms with Gasteiger partial charge in [-0.2, -0.15) is 14.5 Å². The minimum atomic E-state index is -0.381. The molecule has 32 heavy (non-hydrogen) atoms. The first-order chi connectivity index (χ1) is 15.3. The molecule has 0 amide bonds. The lowest BCUT2D eigenvalue weighted by Gasteiger charge is -2.14. The van der Waals surface area contributed by atoms with Crippen LogP contribution in [0.15, 0.2) is 41.2 Å². The molecule has 0 bridgehead atoms. The number of ether oxygens (including phenoxy) is 1. The molecule has 2 aromatic carbocycles. The van der Waals surface area contributed by atoms with Crippen LogP contribution in [0.25, 0.3) is 11.4 Å². The van der Waals surface area contributed by atoms with E-state index in [1.165, 1.54) is 11.7 Å². The highest BCUT2D eigenvalue weighted by molar-refractivity contribution is 6.31. The van der Waals surface area contributed by atoms with Gasteiger partial charge in [-0.3, -0.25) is 4.79 Å². The number of carbonyl (C=O) groups excluding carboxylic acids is 1. The molecule has 0 aliphatic carbocycles. The summed E-state index contributed by atoms with van der Waals surface area (Å²) in [5.74, 6) is 0.656. The number of hydrogen-bond donors (Lipinski definition) is 0. The minimum absolute atomic E-state index is 0.132. The molecule has 0 saturated heterocycles. The monoisotopic (exact) mass is 452 g/mol. The Kier molecular flexibility index (Phi) is 5.67. The zero-order valence-corrected chi connectivity index (χ0v) is 18.8. The number of benzene rings is 2. The number of rotatable bonds is 6. The molecule has 10 heteroatoms. The molecule has 2 heterocycles. The van der Waals surface area contributed by atoms with Crippen LogP contribution in [0.4, 0.5) is 0 Å². The van der Waals surface area contributed by atoms with Gasteiger partial charge >= 0.3 is 5.69 Å². The van der Waals surface area contributed by atoms with Crippen molar-refractivity contribution in [3.63, 3.8) is 0 Å². The van der Waals surface area contributed by atoms with Gasteiger partial charge < -0.3 is 4.74 Å². The third kappa shape index (κ3) is 3.71. The molecule has 164 valence electrons. The SMILES string of the molecule is Cc1cc(-n2nc(C)c(C=O)c2C)ccc1OCc1c(Cl)cccc1-n1nnn(C)c1=O. The van der Waals surface area contributed by atoms with Gasteiger partial charge in [0, 0.05) is 17.6 Å². The van der Waals surface area contributed by atoms with E-state index in [-0.39, 0.29) is 12.3 Å². The summed E-state index contributed by atoms with van der Waals surface area (Å²) in [6.45, 7) is 5.72. The fraction of sp³-hybridized carbons (Fsp3) is 0.227. The van der Waals surface area contributed by atoms with E-state index in [1.54, 1.807) is 29.8 Å². The normalized spacial score (nSPS) is 11.0. The van der Waals surface area contributed by atoms with E-state index < -0.39 is 0 Å². The van der Waals surface area contributed by atoms with Crippen LogP contribution in [0, 0.1) is 20.8 Å². The Morgan fingerprint density at radius 2 is 1.88 bits per heavy atom. The summed E-state index contributed by atoms with van der Waals surface area (Å²) in [5.41, 5.74) is 4.51. The Morgan fingerprint density at radius 1 is 1.09 bits per heavy atom. The molecule has 0 aliphatic rings. The van der Waals surface area contributed by atoms with E-state index in [2.05, 4.69) is 15.5 Å². The Balaban J connectivity index is 1.63. The average molecular weight is 453 g/mol. The maximum absolute atomic E-state index is 12.3. The summed E-state index contributed by atoms with van der Waals surface area (Å²) in [4.78, 5) is 23.6. The van der Waals surface area contributed by atoms with Crippen molar-refractivity contribution >= 4 is 17.9 Å². The highest BCUT2D eigenvalue weighted by Gasteiger charge is 2.16. The Hall–Kier alpha value is -3.72. The quantitative estimate of drug-likeness (QED) is 0.417. The number of nitrogens with zero attached hydrogens (tertiary/aromatic N) is 6. The van der Waals surface area contributed by atoms with Gasteiger partial charge in [-0.1, -0.05) is 17.7 Å². The zero-order valence-electron chi connectivity index (χ0n) is 18.0. The molecule has 0 spiro atoms. The van der Waals surface area contributed by atoms with Gasteiger partial charge in [0.15, 0.2) is 6.29 Å². The molecule has 4 aromatic rings. The Labute approximate surface area is 188 Å². The highest BCUT2D eigenvalue weighted by atomic mass is 35.5. The van der Waals surface area contributed by atoms with Crippen LogP contribution >= 0.6 is 11.6 Å². The first-order valence-corrected chi connectivity index (χ1v) is 10.2. The van der Waals surface area contributed by atoms with Crippen molar-refractivity contribution in [2.45, 2.75) is 27.4 Å². The number of halogens is 1. The maximum atomic E-state index is 12.3. The number of aldehydes is 1. The van der Waals surface area contributed by atoms with Crippen molar-refractivity contribution in [3.05, 3.63) is 80.0 Å². The molecular weight excluding hydrogens is 432 g/mol. The second kappa shape index (κ2) is 8.43. The predicted octanol–water partition coefficient (Wildman–Crippen LogP) is 3.12. The van der Waals surface area contributed by atoms with Crippen LogP contribution in [0.3, 0.4) is 0 Å². The number of hydrogen-bond acceptors (Lipinski definition) is 6. The third-order valence-electron chi connectivity index (χ3n) is 5.28. The fourth-order valence-corrected chi connectivity index (χ4v) is 3.73. The third-order valence-corrected chi connectivity index (χ3v) is 5.64. The molecule has 2 aromatic heterocycles. The van der Waals surface area contributed by atoms with E-state index in [1.807, 2.05) is 32.0 Å². The topological polar surface area (TPSA) is 96.8 Å². The van der Waals surface area contributed by atoms with Crippen molar-refractivity contribution in [2.75, 3.05) is 0 Å². The molecule has 0 unspecified atom stereocenters. The van der Waals surface area contributed by atoms with E-state index in [9.17, 15) is 9.59 Å². The van der Waals surface area contributed by atoms with Gasteiger partial charge in [0.05, 0.1) is 28.3 Å². The van der Waals surface area contributed by atoms with Crippen LogP contribution in [0.2, 0.25) is 5.02 Å². The Bertz CT molecular complexity index is 1390. The van der Waals surface area contributed by atoms with E-state index >= 15 is 0 Å². The lowest BCUT2D eigenvalue weighted by atomic mass is 10.1. The maximum Gasteiger partial charge on any atom is 0.368 e. The van der Waals surface area contributed by atoms with Crippen LogP contribution in [0.5, 0.6) is 5.75 Å². The second-order valence-corrected chi connectivity index (χ2v) is 7.79. The van der Waals surface area contributed by atoms with Gasteiger partial charge in [0.25, 0.3) is 0 Å². The first-order valence-electron chi connectivity index (χ1n) is 9.83. The van der Waals surface area contributed by atoms with Crippen molar-refractivity contribution in [1.29, 1.82) is 0 Å². The molecule has 0 radical (unpaired) electrons. The van der Waals surface area contributed by atoms with Crippen LogP contribution in [-0.4, -0.2) is 35.9 Å². The average Bonchev–Trinajstić information content (AvgIpc) is 3.25. The van der Waals surface area contributed by atoms with Gasteiger partial charge in [0.2, 0.25) is 0 Å². The molecular formula is C22H21ClN6O3. The molecule has 0 saturated carbocycles. The van der Waals surface area contributed by atoms with Crippen LogP contribution in [0.1, 0.15) is 32.9 Å². The van der Waals surface area contributed by atoms with Crippen LogP contribution < -0.4 is 10.4 Å². The molecule has 0 aliphatic heterocycles. The molecule has 0 N–H and O–H groups in total. The fourth-order valence-electron chi connectivity index (χ4n) is 3.51. The van der Waals surface area contributed by atoms with Gasteiger partial charge in [-0.15, -0.1) is 0 Å². The summed E-state index contributed by atoms with van der Waals surface area (Å²) >= 11 is 6.41. The molecule has 4 rings (SSSR count). The Morgan fingerprint density at radius 3 is 2.50 bits per heavy atom. The minimum Gasteiger partial charge on any atom is -0.488 e. The summed E-state index contributed by atoms with van der Waals surface area (Å²) < 4.78 is 10.1. The summed E-state index contributed by atoms with van der Waals surface area (Å²) in [5, 5.41) is 12.6. The first kappa shape index (κ1) is 21.5. The van der Waals surface area contributed by atoms with Crippen molar-refractivity contribution in [2.24, 2.45) is 7.05 Å². The predicted molar refractivity (Wildman–Crippen MR) is 119 cm³/mol. The van der Waals surface area contributed by atoms with Gasteiger partial charge in [-0.25, -0.2) is 9.48 Å². The molecule has 0 fully saturated rings. The largest absolute Gasteiger partial charge is 0.488 e. The smallest absolute Gasteiger partial charge is 0.368 e. The molecule has 9 nitrogen and oxygen atoms in total. The summed E-state index contributed by atoms with van der Waals surface area (Å²) in [6, 6.07) is 10.9. The number of carbonyl (C=O) groups is 1. The lowest BCUT2D eigenvalue weighted by molar-refractivity contribution is 0.112. The van der Waals surface area contributed by atoms with E-state index in [0.29, 0.717) is 33.3 Å². The summed E-state index contributed by atoms with van der Waals surface area (Å²) in [6.07, 6.45) is 0.822.